The summed E-state index contributed by atoms with van der Waals surface area (Å²) in [5.41, 5.74) is 1.92. The molecule has 2 bridgehead atoms. The zero-order chi connectivity index (χ0) is 13.4. The molecule has 0 radical (unpaired) electrons. The van der Waals surface area contributed by atoms with Gasteiger partial charge in [0.05, 0.1) is 17.6 Å². The van der Waals surface area contributed by atoms with Crippen LogP contribution in [0.2, 0.25) is 0 Å². The average Bonchev–Trinajstić information content (AvgIpc) is 3.07. The summed E-state index contributed by atoms with van der Waals surface area (Å²) in [5, 5.41) is 7.29. The Hall–Kier alpha value is -1.32. The van der Waals surface area contributed by atoms with Crippen molar-refractivity contribution < 1.29 is 4.79 Å². The highest BCUT2D eigenvalue weighted by molar-refractivity contribution is 5.91. The van der Waals surface area contributed by atoms with Crippen molar-refractivity contribution in [2.24, 2.45) is 17.8 Å². The van der Waals surface area contributed by atoms with Gasteiger partial charge >= 0.3 is 0 Å². The highest BCUT2D eigenvalue weighted by Crippen LogP contribution is 2.49. The summed E-state index contributed by atoms with van der Waals surface area (Å²) in [7, 11) is 0. The molecular formula is C15H23N3O. The lowest BCUT2D eigenvalue weighted by molar-refractivity contribution is -0.117. The molecule has 19 heavy (non-hydrogen) atoms. The van der Waals surface area contributed by atoms with Crippen molar-refractivity contribution in [3.8, 4) is 0 Å². The van der Waals surface area contributed by atoms with Crippen LogP contribution >= 0.6 is 0 Å². The summed E-state index contributed by atoms with van der Waals surface area (Å²) >= 11 is 0. The molecule has 4 heteroatoms. The minimum atomic E-state index is 0.163. The van der Waals surface area contributed by atoms with Crippen LogP contribution in [0, 0.1) is 24.7 Å². The number of carbonyl (C=O) groups excluding carboxylic acids is 1. The number of aromatic nitrogens is 2. The second-order valence-corrected chi connectivity index (χ2v) is 6.15. The van der Waals surface area contributed by atoms with Crippen LogP contribution in [0.15, 0.2) is 6.20 Å². The van der Waals surface area contributed by atoms with Crippen LogP contribution in [0.5, 0.6) is 0 Å². The normalized spacial score (nSPS) is 28.8. The van der Waals surface area contributed by atoms with E-state index in [1.54, 1.807) is 6.20 Å². The topological polar surface area (TPSA) is 46.9 Å². The zero-order valence-corrected chi connectivity index (χ0v) is 11.9. The number of nitrogens with zero attached hydrogens (tertiary/aromatic N) is 2. The Kier molecular flexibility index (Phi) is 3.33. The van der Waals surface area contributed by atoms with E-state index in [1.807, 2.05) is 11.6 Å². The number of rotatable bonds is 4. The van der Waals surface area contributed by atoms with E-state index in [1.165, 1.54) is 25.7 Å². The Labute approximate surface area is 114 Å². The highest BCUT2D eigenvalue weighted by atomic mass is 16.1. The lowest BCUT2D eigenvalue weighted by Crippen LogP contribution is -2.20. The fourth-order valence-corrected chi connectivity index (χ4v) is 3.95. The predicted molar refractivity (Wildman–Crippen MR) is 74.8 cm³/mol. The van der Waals surface area contributed by atoms with Gasteiger partial charge in [-0.15, -0.1) is 0 Å². The van der Waals surface area contributed by atoms with Gasteiger partial charge < -0.3 is 5.32 Å². The molecule has 1 aromatic heterocycles. The number of nitrogens with one attached hydrogen (secondary N) is 1. The first-order chi connectivity index (χ1) is 9.17. The maximum absolute atomic E-state index is 12.1. The predicted octanol–water partition coefficient (Wildman–Crippen LogP) is 2.98. The molecule has 0 spiro atoms. The van der Waals surface area contributed by atoms with Crippen molar-refractivity contribution in [2.45, 2.75) is 52.5 Å². The Morgan fingerprint density at radius 1 is 1.47 bits per heavy atom. The fraction of sp³-hybridized carbons (Fsp3) is 0.733. The van der Waals surface area contributed by atoms with E-state index < -0.39 is 0 Å². The van der Waals surface area contributed by atoms with E-state index in [9.17, 15) is 4.79 Å². The van der Waals surface area contributed by atoms with Gasteiger partial charge in [0.15, 0.2) is 0 Å². The first-order valence-electron chi connectivity index (χ1n) is 7.49. The third-order valence-electron chi connectivity index (χ3n) is 5.01. The van der Waals surface area contributed by atoms with Gasteiger partial charge in [0, 0.05) is 13.0 Å². The lowest BCUT2D eigenvalue weighted by atomic mass is 9.86. The van der Waals surface area contributed by atoms with Gasteiger partial charge in [0.25, 0.3) is 0 Å². The van der Waals surface area contributed by atoms with E-state index in [0.29, 0.717) is 12.3 Å². The number of aryl methyl sites for hydroxylation is 1. The first-order valence-corrected chi connectivity index (χ1v) is 7.49. The van der Waals surface area contributed by atoms with Gasteiger partial charge in [-0.3, -0.25) is 9.48 Å². The van der Waals surface area contributed by atoms with E-state index in [0.717, 1.165) is 29.8 Å². The molecule has 4 nitrogen and oxygen atoms in total. The maximum atomic E-state index is 12.1. The molecule has 0 aliphatic heterocycles. The van der Waals surface area contributed by atoms with Crippen LogP contribution < -0.4 is 5.32 Å². The van der Waals surface area contributed by atoms with Gasteiger partial charge in [-0.1, -0.05) is 6.42 Å². The largest absolute Gasteiger partial charge is 0.323 e. The van der Waals surface area contributed by atoms with E-state index in [4.69, 9.17) is 0 Å². The Balaban J connectivity index is 1.58. The third-order valence-corrected chi connectivity index (χ3v) is 5.01. The van der Waals surface area contributed by atoms with Crippen LogP contribution in [0.3, 0.4) is 0 Å². The standard InChI is InChI=1S/C15H23N3O/c1-3-18-10(2)14(9-16-18)17-15(19)8-13-7-11-4-5-12(13)6-11/h9,11-13H,3-8H2,1-2H3,(H,17,19). The molecule has 1 heterocycles. The molecular weight excluding hydrogens is 238 g/mol. The number of hydrogen-bond acceptors (Lipinski definition) is 2. The van der Waals surface area contributed by atoms with Crippen LogP contribution in [-0.4, -0.2) is 15.7 Å². The van der Waals surface area contributed by atoms with Crippen LogP contribution in [0.4, 0.5) is 5.69 Å². The molecule has 1 aromatic rings. The SMILES string of the molecule is CCn1ncc(NC(=O)CC2CC3CCC2C3)c1C. The first kappa shape index (κ1) is 12.7. The molecule has 1 N–H and O–H groups in total. The van der Waals surface area contributed by atoms with E-state index in [2.05, 4.69) is 17.3 Å². The maximum Gasteiger partial charge on any atom is 0.224 e. The van der Waals surface area contributed by atoms with Gasteiger partial charge in [-0.25, -0.2) is 0 Å². The number of carbonyl (C=O) groups is 1. The smallest absolute Gasteiger partial charge is 0.224 e. The van der Waals surface area contributed by atoms with Crippen LogP contribution in [-0.2, 0) is 11.3 Å². The Bertz CT molecular complexity index is 480. The molecule has 3 unspecified atom stereocenters. The molecule has 2 aliphatic rings. The minimum absolute atomic E-state index is 0.163. The fourth-order valence-electron chi connectivity index (χ4n) is 3.95. The van der Waals surface area contributed by atoms with Gasteiger partial charge in [-0.2, -0.15) is 5.10 Å². The highest BCUT2D eigenvalue weighted by Gasteiger charge is 2.40. The molecule has 2 aliphatic carbocycles. The molecule has 2 fully saturated rings. The number of hydrogen-bond donors (Lipinski definition) is 1. The van der Waals surface area contributed by atoms with Gasteiger partial charge in [0.2, 0.25) is 5.91 Å². The quantitative estimate of drug-likeness (QED) is 0.905. The van der Waals surface area contributed by atoms with Crippen molar-refractivity contribution in [3.05, 3.63) is 11.9 Å². The molecule has 0 saturated heterocycles. The molecule has 104 valence electrons. The third kappa shape index (κ3) is 2.40. The molecule has 3 atom stereocenters. The van der Waals surface area contributed by atoms with Crippen molar-refractivity contribution in [1.82, 2.24) is 9.78 Å². The summed E-state index contributed by atoms with van der Waals surface area (Å²) in [5.74, 6) is 2.51. The van der Waals surface area contributed by atoms with Crippen molar-refractivity contribution in [2.75, 3.05) is 5.32 Å². The second kappa shape index (κ2) is 4.99. The van der Waals surface area contributed by atoms with Gasteiger partial charge in [-0.05, 0) is 50.9 Å². The molecule has 3 rings (SSSR count). The summed E-state index contributed by atoms with van der Waals surface area (Å²) in [6, 6.07) is 0. The average molecular weight is 261 g/mol. The zero-order valence-electron chi connectivity index (χ0n) is 11.9. The molecule has 1 amide bonds. The minimum Gasteiger partial charge on any atom is -0.323 e. The second-order valence-electron chi connectivity index (χ2n) is 6.15. The Morgan fingerprint density at radius 3 is 2.89 bits per heavy atom. The van der Waals surface area contributed by atoms with E-state index >= 15 is 0 Å². The van der Waals surface area contributed by atoms with Crippen LogP contribution in [0.1, 0.15) is 44.7 Å². The van der Waals surface area contributed by atoms with Gasteiger partial charge in [0.1, 0.15) is 0 Å². The van der Waals surface area contributed by atoms with Crippen molar-refractivity contribution in [1.29, 1.82) is 0 Å². The summed E-state index contributed by atoms with van der Waals surface area (Å²) in [6.07, 6.45) is 7.83. The molecule has 2 saturated carbocycles. The number of fused-ring (bicyclic) bond motifs is 2. The molecule has 0 aromatic carbocycles. The monoisotopic (exact) mass is 261 g/mol. The van der Waals surface area contributed by atoms with Crippen molar-refractivity contribution >= 4 is 11.6 Å². The summed E-state index contributed by atoms with van der Waals surface area (Å²) in [6.45, 7) is 4.90. The summed E-state index contributed by atoms with van der Waals surface area (Å²) in [4.78, 5) is 12.1. The van der Waals surface area contributed by atoms with Crippen molar-refractivity contribution in [3.63, 3.8) is 0 Å². The summed E-state index contributed by atoms with van der Waals surface area (Å²) < 4.78 is 1.91. The lowest BCUT2D eigenvalue weighted by Gasteiger charge is -2.20. The Morgan fingerprint density at radius 2 is 2.32 bits per heavy atom. The number of anilines is 1. The number of amides is 1. The van der Waals surface area contributed by atoms with Crippen LogP contribution in [0.25, 0.3) is 0 Å². The van der Waals surface area contributed by atoms with E-state index in [-0.39, 0.29) is 5.91 Å².